The first-order valence-electron chi connectivity index (χ1n) is 6.67. The molecule has 0 heterocycles. The number of esters is 1. The topological polar surface area (TPSA) is 43.4 Å². The van der Waals surface area contributed by atoms with Gasteiger partial charge in [-0.1, -0.05) is 18.2 Å². The van der Waals surface area contributed by atoms with Crippen LogP contribution >= 0.6 is 0 Å². The van der Waals surface area contributed by atoms with Gasteiger partial charge in [0, 0.05) is 6.42 Å². The Balaban J connectivity index is 2.76. The van der Waals surface area contributed by atoms with Gasteiger partial charge in [0.1, 0.15) is 11.7 Å². The molecule has 0 aromatic rings. The van der Waals surface area contributed by atoms with Crippen LogP contribution in [0.25, 0.3) is 0 Å². The minimum atomic E-state index is -0.624. The number of Topliss-reactive ketones (excluding diaryl/α,β-unsaturated/α-hetero) is 1. The first-order valence-corrected chi connectivity index (χ1v) is 6.67. The number of rotatable bonds is 7. The van der Waals surface area contributed by atoms with Crippen molar-refractivity contribution in [3.8, 4) is 0 Å². The summed E-state index contributed by atoms with van der Waals surface area (Å²) in [5.41, 5.74) is 0. The van der Waals surface area contributed by atoms with Gasteiger partial charge in [-0.25, -0.2) is 0 Å². The Hall–Kier alpha value is -1.38. The van der Waals surface area contributed by atoms with Gasteiger partial charge in [-0.3, -0.25) is 9.59 Å². The number of hydrogen-bond donors (Lipinski definition) is 0. The summed E-state index contributed by atoms with van der Waals surface area (Å²) < 4.78 is 5.04. The predicted octanol–water partition coefficient (Wildman–Crippen LogP) is 3.06. The molecule has 0 spiro atoms. The largest absolute Gasteiger partial charge is 0.465 e. The quantitative estimate of drug-likeness (QED) is 0.396. The van der Waals surface area contributed by atoms with Gasteiger partial charge in [0.15, 0.2) is 0 Å². The molecule has 1 aliphatic rings. The third-order valence-corrected chi connectivity index (χ3v) is 3.20. The smallest absolute Gasteiger partial charge is 0.317 e. The lowest BCUT2D eigenvalue weighted by atomic mass is 9.81. The van der Waals surface area contributed by atoms with Gasteiger partial charge in [0.25, 0.3) is 0 Å². The SMILES string of the molecule is C=CCCC(=O)C(C(=O)OCC)C1C=CCCC1. The van der Waals surface area contributed by atoms with Crippen molar-refractivity contribution >= 4 is 11.8 Å². The number of carbonyl (C=O) groups excluding carboxylic acids is 2. The fraction of sp³-hybridized carbons (Fsp3) is 0.600. The first kappa shape index (κ1) is 14.7. The summed E-state index contributed by atoms with van der Waals surface area (Å²) in [6.45, 7) is 5.69. The van der Waals surface area contributed by atoms with Gasteiger partial charge in [-0.2, -0.15) is 0 Å². The summed E-state index contributed by atoms with van der Waals surface area (Å²) in [4.78, 5) is 24.1. The van der Waals surface area contributed by atoms with Gasteiger partial charge in [-0.15, -0.1) is 6.58 Å². The molecule has 0 radical (unpaired) electrons. The van der Waals surface area contributed by atoms with Gasteiger partial charge in [0.05, 0.1) is 6.61 Å². The molecule has 18 heavy (non-hydrogen) atoms. The Kier molecular flexibility index (Phi) is 6.40. The lowest BCUT2D eigenvalue weighted by Crippen LogP contribution is -2.33. The van der Waals surface area contributed by atoms with Crippen molar-refractivity contribution in [2.45, 2.75) is 39.0 Å². The highest BCUT2D eigenvalue weighted by atomic mass is 16.5. The monoisotopic (exact) mass is 250 g/mol. The van der Waals surface area contributed by atoms with Crippen LogP contribution in [-0.2, 0) is 14.3 Å². The molecule has 0 aliphatic heterocycles. The van der Waals surface area contributed by atoms with Gasteiger partial charge < -0.3 is 4.74 Å². The van der Waals surface area contributed by atoms with E-state index in [2.05, 4.69) is 12.7 Å². The van der Waals surface area contributed by atoms with E-state index in [4.69, 9.17) is 4.74 Å². The van der Waals surface area contributed by atoms with E-state index >= 15 is 0 Å². The molecule has 0 saturated heterocycles. The van der Waals surface area contributed by atoms with Crippen molar-refractivity contribution in [1.82, 2.24) is 0 Å². The van der Waals surface area contributed by atoms with E-state index in [1.165, 1.54) is 0 Å². The second kappa shape index (κ2) is 7.85. The van der Waals surface area contributed by atoms with E-state index in [1.807, 2.05) is 6.08 Å². The van der Waals surface area contributed by atoms with E-state index in [0.29, 0.717) is 19.4 Å². The van der Waals surface area contributed by atoms with Crippen molar-refractivity contribution < 1.29 is 14.3 Å². The fourth-order valence-electron chi connectivity index (χ4n) is 2.29. The van der Waals surface area contributed by atoms with Crippen LogP contribution in [0.15, 0.2) is 24.8 Å². The maximum Gasteiger partial charge on any atom is 0.317 e. The van der Waals surface area contributed by atoms with Crippen LogP contribution in [0, 0.1) is 11.8 Å². The van der Waals surface area contributed by atoms with Crippen LogP contribution in [0.4, 0.5) is 0 Å². The average molecular weight is 250 g/mol. The predicted molar refractivity (Wildman–Crippen MR) is 71.0 cm³/mol. The van der Waals surface area contributed by atoms with Crippen LogP contribution in [0.2, 0.25) is 0 Å². The van der Waals surface area contributed by atoms with Crippen molar-refractivity contribution in [1.29, 1.82) is 0 Å². The lowest BCUT2D eigenvalue weighted by molar-refractivity contribution is -0.153. The molecule has 3 heteroatoms. The van der Waals surface area contributed by atoms with Gasteiger partial charge in [-0.05, 0) is 38.5 Å². The number of ketones is 1. The fourth-order valence-corrected chi connectivity index (χ4v) is 2.29. The lowest BCUT2D eigenvalue weighted by Gasteiger charge is -2.24. The minimum absolute atomic E-state index is 0.00937. The zero-order valence-corrected chi connectivity index (χ0v) is 11.1. The van der Waals surface area contributed by atoms with E-state index < -0.39 is 5.92 Å². The third kappa shape index (κ3) is 4.13. The number of ether oxygens (including phenoxy) is 1. The summed E-state index contributed by atoms with van der Waals surface area (Å²) in [7, 11) is 0. The number of hydrogen-bond acceptors (Lipinski definition) is 3. The minimum Gasteiger partial charge on any atom is -0.465 e. The molecule has 0 bridgehead atoms. The molecule has 0 N–H and O–H groups in total. The molecular weight excluding hydrogens is 228 g/mol. The van der Waals surface area contributed by atoms with E-state index in [9.17, 15) is 9.59 Å². The van der Waals surface area contributed by atoms with Gasteiger partial charge >= 0.3 is 5.97 Å². The molecule has 0 aromatic carbocycles. The average Bonchev–Trinajstić information content (AvgIpc) is 2.38. The number of carbonyl (C=O) groups is 2. The number of allylic oxidation sites excluding steroid dienone is 3. The van der Waals surface area contributed by atoms with Crippen LogP contribution in [0.1, 0.15) is 39.0 Å². The Morgan fingerprint density at radius 3 is 2.89 bits per heavy atom. The van der Waals surface area contributed by atoms with E-state index in [-0.39, 0.29) is 17.7 Å². The Labute approximate surface area is 109 Å². The van der Waals surface area contributed by atoms with E-state index in [0.717, 1.165) is 19.3 Å². The Bertz CT molecular complexity index is 331. The van der Waals surface area contributed by atoms with Crippen LogP contribution in [0.3, 0.4) is 0 Å². The van der Waals surface area contributed by atoms with Crippen molar-refractivity contribution in [3.63, 3.8) is 0 Å². The molecule has 0 aromatic heterocycles. The zero-order valence-electron chi connectivity index (χ0n) is 11.1. The highest BCUT2D eigenvalue weighted by molar-refractivity contribution is 5.99. The van der Waals surface area contributed by atoms with Crippen molar-refractivity contribution in [2.24, 2.45) is 11.8 Å². The second-order valence-electron chi connectivity index (χ2n) is 4.55. The molecule has 2 atom stereocenters. The molecule has 0 saturated carbocycles. The molecular formula is C15H22O3. The molecule has 100 valence electrons. The Morgan fingerprint density at radius 1 is 1.56 bits per heavy atom. The molecule has 3 nitrogen and oxygen atoms in total. The van der Waals surface area contributed by atoms with Crippen molar-refractivity contribution in [2.75, 3.05) is 6.61 Å². The first-order chi connectivity index (χ1) is 8.70. The zero-order chi connectivity index (χ0) is 13.4. The maximum absolute atomic E-state index is 12.1. The summed E-state index contributed by atoms with van der Waals surface area (Å²) >= 11 is 0. The van der Waals surface area contributed by atoms with E-state index in [1.54, 1.807) is 13.0 Å². The molecule has 0 amide bonds. The summed E-state index contributed by atoms with van der Waals surface area (Å²) in [6.07, 6.45) is 9.70. The van der Waals surface area contributed by atoms with Gasteiger partial charge in [0.2, 0.25) is 0 Å². The van der Waals surface area contributed by atoms with Crippen LogP contribution in [-0.4, -0.2) is 18.4 Å². The summed E-state index contributed by atoms with van der Waals surface area (Å²) in [5, 5.41) is 0. The molecule has 1 rings (SSSR count). The van der Waals surface area contributed by atoms with Crippen molar-refractivity contribution in [3.05, 3.63) is 24.8 Å². The molecule has 1 aliphatic carbocycles. The summed E-state index contributed by atoms with van der Waals surface area (Å²) in [6, 6.07) is 0. The molecule has 0 fully saturated rings. The third-order valence-electron chi connectivity index (χ3n) is 3.20. The molecule has 2 unspecified atom stereocenters. The highest BCUT2D eigenvalue weighted by Gasteiger charge is 2.34. The summed E-state index contributed by atoms with van der Waals surface area (Å²) in [5.74, 6) is -1.01. The van der Waals surface area contributed by atoms with Crippen LogP contribution < -0.4 is 0 Å². The standard InChI is InChI=1S/C15H22O3/c1-3-5-11-13(16)14(15(17)18-4-2)12-9-7-6-8-10-12/h3,7,9,12,14H,1,4-6,8,10-11H2,2H3. The second-order valence-corrected chi connectivity index (χ2v) is 4.55. The Morgan fingerprint density at radius 2 is 2.33 bits per heavy atom. The van der Waals surface area contributed by atoms with Crippen LogP contribution in [0.5, 0.6) is 0 Å². The normalized spacial score (nSPS) is 20.2. The highest BCUT2D eigenvalue weighted by Crippen LogP contribution is 2.27. The maximum atomic E-state index is 12.1.